The van der Waals surface area contributed by atoms with Crippen molar-refractivity contribution in [3.8, 4) is 0 Å². The molecule has 2 aromatic rings. The normalized spacial score (nSPS) is 27.5. The predicted molar refractivity (Wildman–Crippen MR) is 82.5 cm³/mol. The van der Waals surface area contributed by atoms with Crippen LogP contribution in [0.25, 0.3) is 10.9 Å². The number of carbonyl (C=O) groups is 1. The maximum Gasteiger partial charge on any atom is 0.407 e. The number of hydrogen-bond acceptors (Lipinski definition) is 3. The van der Waals surface area contributed by atoms with Crippen LogP contribution in [-0.2, 0) is 17.6 Å². The molecule has 0 radical (unpaired) electrons. The summed E-state index contributed by atoms with van der Waals surface area (Å²) in [6.45, 7) is -6.30. The second-order valence-corrected chi connectivity index (χ2v) is 4.83. The molecule has 2 heterocycles. The summed E-state index contributed by atoms with van der Waals surface area (Å²) in [5.74, 6) is 0. The smallest absolute Gasteiger partial charge is 0.407 e. The zero-order valence-corrected chi connectivity index (χ0v) is 11.1. The van der Waals surface area contributed by atoms with E-state index >= 15 is 0 Å². The lowest BCUT2D eigenvalue weighted by Gasteiger charge is -2.09. The van der Waals surface area contributed by atoms with Crippen LogP contribution in [0.3, 0.4) is 0 Å². The molecule has 0 aliphatic carbocycles. The van der Waals surface area contributed by atoms with Gasteiger partial charge in [0.1, 0.15) is 6.61 Å². The molecule has 1 fully saturated rings. The fourth-order valence-electron chi connectivity index (χ4n) is 2.23. The highest BCUT2D eigenvalue weighted by atomic mass is 16.6. The van der Waals surface area contributed by atoms with Crippen molar-refractivity contribution in [2.45, 2.75) is 18.9 Å². The standard InChI is InChI=1S/C16H21N3O2/c1-19(2)6-5-12-9-17-15-4-3-11(8-14(12)15)7-13-10-21-16(20)18-13/h3-4,8-9,13,17H,5-7,10H2,1-2H3,(H,18,20)/t13-/m0/s1/i1D3,2D3,3D,4D,8D/hD2. The molecule has 1 aromatic heterocycles. The molecule has 0 unspecified atom stereocenters. The fraction of sp³-hybridized carbons (Fsp3) is 0.438. The molecule has 1 atom stereocenters. The second-order valence-electron chi connectivity index (χ2n) is 4.83. The summed E-state index contributed by atoms with van der Waals surface area (Å²) in [4.78, 5) is 12.6. The number of alkyl carbamates (subject to hydrolysis) is 1. The molecule has 1 aliphatic heterocycles. The molecule has 1 amide bonds. The van der Waals surface area contributed by atoms with Gasteiger partial charge in [0, 0.05) is 31.9 Å². The number of H-pyrrole nitrogens is 1. The van der Waals surface area contributed by atoms with Gasteiger partial charge >= 0.3 is 6.09 Å². The quantitative estimate of drug-likeness (QED) is 0.887. The summed E-state index contributed by atoms with van der Waals surface area (Å²) in [7, 11) is 0. The largest absolute Gasteiger partial charge is 0.447 e. The third-order valence-corrected chi connectivity index (χ3v) is 3.25. The van der Waals surface area contributed by atoms with Crippen LogP contribution in [0.4, 0.5) is 4.79 Å². The Hall–Kier alpha value is -2.01. The average Bonchev–Trinajstić information content (AvgIpc) is 3.15. The van der Waals surface area contributed by atoms with Crippen LogP contribution in [0, 0.1) is 0 Å². The Kier molecular flexibility index (Phi) is 1.65. The Bertz CT molecular complexity index is 1030. The summed E-state index contributed by atoms with van der Waals surface area (Å²) in [6, 6.07) is -1.60. The highest BCUT2D eigenvalue weighted by Gasteiger charge is 2.22. The molecule has 0 saturated carbocycles. The number of hydrogen-bond donors (Lipinski definition) is 2. The lowest BCUT2D eigenvalue weighted by Crippen LogP contribution is -2.28. The van der Waals surface area contributed by atoms with E-state index in [-0.39, 0.29) is 59.6 Å². The highest BCUT2D eigenvalue weighted by molar-refractivity contribution is 5.84. The highest BCUT2D eigenvalue weighted by Crippen LogP contribution is 2.21. The lowest BCUT2D eigenvalue weighted by atomic mass is 10.0. The van der Waals surface area contributed by atoms with Crippen molar-refractivity contribution in [3.63, 3.8) is 0 Å². The molecule has 0 spiro atoms. The SMILES string of the molecule is [2H]c1c(C[C@H]2COC(=O)N2[2H])c([2H])c2c(CCN(C([2H])([2H])[2H])C([2H])([2H])[2H])cn([2H])c2c1[2H]. The Morgan fingerprint density at radius 1 is 1.57 bits per heavy atom. The Labute approximate surface area is 139 Å². The molecule has 1 saturated heterocycles. The average molecular weight is 298 g/mol. The van der Waals surface area contributed by atoms with Crippen LogP contribution in [0.1, 0.15) is 23.5 Å². The topological polar surface area (TPSA) is 57.4 Å². The number of fused-ring (bicyclic) bond motifs is 1. The van der Waals surface area contributed by atoms with Crippen LogP contribution in [0.15, 0.2) is 24.3 Å². The lowest BCUT2D eigenvalue weighted by molar-refractivity contribution is 0.177. The minimum absolute atomic E-state index is 0.0328. The molecule has 1 aliphatic rings. The van der Waals surface area contributed by atoms with Crippen molar-refractivity contribution in [1.29, 1.82) is 0 Å². The number of carbonyl (C=O) groups excluding carboxylic acids is 1. The van der Waals surface area contributed by atoms with Crippen molar-refractivity contribution in [2.24, 2.45) is 0 Å². The zero-order valence-electron chi connectivity index (χ0n) is 22.1. The van der Waals surface area contributed by atoms with Crippen LogP contribution in [0.2, 0.25) is 2.82 Å². The van der Waals surface area contributed by atoms with Crippen LogP contribution in [-0.4, -0.2) is 49.1 Å². The summed E-state index contributed by atoms with van der Waals surface area (Å²) in [6.07, 6.45) is 0.193. The first kappa shape index (κ1) is 6.01. The van der Waals surface area contributed by atoms with Crippen LogP contribution >= 0.6 is 0 Å². The van der Waals surface area contributed by atoms with Crippen LogP contribution in [0.5, 0.6) is 0 Å². The van der Waals surface area contributed by atoms with E-state index in [1.807, 2.05) is 0 Å². The molecular formula is C16H21N3O2. The number of likely N-dealkylation sites (N-methyl/N-ethyl adjacent to an activating group) is 1. The summed E-state index contributed by atoms with van der Waals surface area (Å²) in [5, 5.41) is 0.738. The third kappa shape index (κ3) is 3.19. The van der Waals surface area contributed by atoms with E-state index in [9.17, 15) is 4.79 Å². The minimum Gasteiger partial charge on any atom is -0.447 e. The van der Waals surface area contributed by atoms with Crippen LogP contribution < -0.4 is 5.31 Å². The minimum atomic E-state index is -2.89. The van der Waals surface area contributed by atoms with E-state index in [2.05, 4.69) is 0 Å². The van der Waals surface area contributed by atoms with Gasteiger partial charge in [-0.3, -0.25) is 0 Å². The van der Waals surface area contributed by atoms with E-state index in [0.29, 0.717) is 10.2 Å². The first-order valence-electron chi connectivity index (χ1n) is 11.9. The number of nitrogens with zero attached hydrogens (tertiary/aromatic N) is 1. The Morgan fingerprint density at radius 2 is 2.48 bits per heavy atom. The molecule has 3 rings (SSSR count). The fourth-order valence-corrected chi connectivity index (χ4v) is 2.23. The van der Waals surface area contributed by atoms with Crippen molar-refractivity contribution < 1.29 is 24.7 Å². The van der Waals surface area contributed by atoms with Gasteiger partial charge in [-0.2, -0.15) is 0 Å². The van der Waals surface area contributed by atoms with Crippen molar-refractivity contribution in [3.05, 3.63) is 35.5 Å². The number of nitrogens with one attached hydrogen (secondary N) is 2. The molecule has 2 N–H and O–H groups in total. The van der Waals surface area contributed by atoms with E-state index < -0.39 is 32.6 Å². The molecule has 5 nitrogen and oxygen atoms in total. The van der Waals surface area contributed by atoms with Gasteiger partial charge in [-0.15, -0.1) is 0 Å². The van der Waals surface area contributed by atoms with E-state index in [4.69, 9.17) is 19.9 Å². The summed E-state index contributed by atoms with van der Waals surface area (Å²) < 4.78 is 90.7. The Balaban J connectivity index is 2.04. The number of aromatic nitrogens is 1. The van der Waals surface area contributed by atoms with Gasteiger partial charge in [0.15, 0.2) is 2.82 Å². The summed E-state index contributed by atoms with van der Waals surface area (Å²) in [5.41, 5.74) is 0.336. The van der Waals surface area contributed by atoms with Gasteiger partial charge in [0.05, 0.1) is 10.2 Å². The molecule has 112 valence electrons. The van der Waals surface area contributed by atoms with Gasteiger partial charge < -0.3 is 19.9 Å². The maximum atomic E-state index is 11.5. The monoisotopic (exact) mass is 298 g/mol. The van der Waals surface area contributed by atoms with Gasteiger partial charge in [-0.25, -0.2) is 4.79 Å². The predicted octanol–water partition coefficient (Wildman–Crippen LogP) is 1.92. The zero-order chi connectivity index (χ0) is 24.2. The van der Waals surface area contributed by atoms with Gasteiger partial charge in [-0.05, 0) is 50.0 Å². The number of aromatic amines is 1. The third-order valence-electron chi connectivity index (χ3n) is 3.25. The van der Waals surface area contributed by atoms with Gasteiger partial charge in [0.25, 0.3) is 0 Å². The number of rotatable bonds is 5. The molecular weight excluding hydrogens is 266 g/mol. The molecule has 1 aromatic carbocycles. The molecule has 21 heavy (non-hydrogen) atoms. The van der Waals surface area contributed by atoms with E-state index in [0.717, 1.165) is 4.98 Å². The van der Waals surface area contributed by atoms with Crippen molar-refractivity contribution in [2.75, 3.05) is 27.1 Å². The Morgan fingerprint density at radius 3 is 3.24 bits per heavy atom. The van der Waals surface area contributed by atoms with E-state index in [1.165, 1.54) is 6.20 Å². The van der Waals surface area contributed by atoms with Gasteiger partial charge in [0.2, 0.25) is 0 Å². The number of ether oxygens (including phenoxy) is 1. The van der Waals surface area contributed by atoms with Crippen molar-refractivity contribution in [1.82, 2.24) is 15.2 Å². The maximum absolute atomic E-state index is 11.5. The first-order chi connectivity index (χ1) is 14.6. The number of amides is 1. The second kappa shape index (κ2) is 5.77. The van der Waals surface area contributed by atoms with Gasteiger partial charge in [-0.1, -0.05) is 6.04 Å². The molecule has 0 bridgehead atoms. The number of benzene rings is 1. The summed E-state index contributed by atoms with van der Waals surface area (Å²) >= 11 is 0. The molecule has 5 heteroatoms. The first-order valence-corrected chi connectivity index (χ1v) is 6.49. The van der Waals surface area contributed by atoms with Crippen molar-refractivity contribution >= 4 is 17.0 Å². The number of cyclic esters (lactones) is 1. The van der Waals surface area contributed by atoms with E-state index in [1.54, 1.807) is 0 Å².